The van der Waals surface area contributed by atoms with Crippen LogP contribution in [0.3, 0.4) is 0 Å². The minimum absolute atomic E-state index is 0.201. The maximum Gasteiger partial charge on any atom is 0.223 e. The quantitative estimate of drug-likeness (QED) is 0.800. The van der Waals surface area contributed by atoms with Crippen molar-refractivity contribution in [3.05, 3.63) is 11.8 Å². The third-order valence-corrected chi connectivity index (χ3v) is 2.99. The van der Waals surface area contributed by atoms with Crippen molar-refractivity contribution in [3.63, 3.8) is 0 Å². The zero-order valence-corrected chi connectivity index (χ0v) is 10.5. The molecule has 1 fully saturated rings. The van der Waals surface area contributed by atoms with E-state index in [-0.39, 0.29) is 11.8 Å². The van der Waals surface area contributed by atoms with E-state index in [9.17, 15) is 4.79 Å². The van der Waals surface area contributed by atoms with E-state index in [2.05, 4.69) is 10.2 Å². The minimum Gasteiger partial charge on any atom is -0.425 e. The second kappa shape index (κ2) is 5.29. The van der Waals surface area contributed by atoms with Crippen molar-refractivity contribution in [3.8, 4) is 0 Å². The van der Waals surface area contributed by atoms with E-state index in [0.29, 0.717) is 24.6 Å². The molecule has 0 bridgehead atoms. The third-order valence-electron chi connectivity index (χ3n) is 2.99. The summed E-state index contributed by atoms with van der Waals surface area (Å²) in [6.07, 6.45) is 3.28. The molecule has 1 aliphatic rings. The summed E-state index contributed by atoms with van der Waals surface area (Å²) in [6, 6.07) is 0. The molecule has 0 atom stereocenters. The van der Waals surface area contributed by atoms with Gasteiger partial charge in [-0.05, 0) is 12.8 Å². The molecule has 17 heavy (non-hydrogen) atoms. The predicted molar refractivity (Wildman–Crippen MR) is 62.5 cm³/mol. The van der Waals surface area contributed by atoms with E-state index >= 15 is 0 Å². The van der Waals surface area contributed by atoms with Gasteiger partial charge in [0.2, 0.25) is 17.7 Å². The highest BCUT2D eigenvalue weighted by Crippen LogP contribution is 2.14. The highest BCUT2D eigenvalue weighted by molar-refractivity contribution is 5.76. The van der Waals surface area contributed by atoms with Gasteiger partial charge in [0.05, 0.1) is 0 Å². The fraction of sp³-hybridized carbons (Fsp3) is 0.750. The number of carbonyl (C=O) groups is 1. The summed E-state index contributed by atoms with van der Waals surface area (Å²) < 4.78 is 5.47. The lowest BCUT2D eigenvalue weighted by Crippen LogP contribution is -2.27. The van der Waals surface area contributed by atoms with Gasteiger partial charge in [0.1, 0.15) is 0 Å². The molecule has 5 heteroatoms. The van der Waals surface area contributed by atoms with Crippen LogP contribution in [0.1, 0.15) is 50.8 Å². The fourth-order valence-electron chi connectivity index (χ4n) is 1.94. The molecule has 0 aromatic carbocycles. The lowest BCUT2D eigenvalue weighted by Gasteiger charge is -2.13. The van der Waals surface area contributed by atoms with Gasteiger partial charge in [0, 0.05) is 31.8 Å². The molecular weight excluding hydrogens is 218 g/mol. The van der Waals surface area contributed by atoms with Crippen LogP contribution in [0, 0.1) is 0 Å². The van der Waals surface area contributed by atoms with Crippen molar-refractivity contribution in [2.75, 3.05) is 13.1 Å². The SMILES string of the molecule is CC(C)c1nnc(CCC(=O)N2CCCC2)o1. The average Bonchev–Trinajstić information content (AvgIpc) is 2.97. The van der Waals surface area contributed by atoms with Gasteiger partial charge in [0.15, 0.2) is 0 Å². The maximum atomic E-state index is 11.8. The molecule has 0 spiro atoms. The maximum absolute atomic E-state index is 11.8. The number of aromatic nitrogens is 2. The molecule has 0 radical (unpaired) electrons. The number of aryl methyl sites for hydroxylation is 1. The van der Waals surface area contributed by atoms with Crippen LogP contribution < -0.4 is 0 Å². The van der Waals surface area contributed by atoms with E-state index in [1.807, 2.05) is 18.7 Å². The molecule has 1 aromatic heterocycles. The summed E-state index contributed by atoms with van der Waals surface area (Å²) >= 11 is 0. The van der Waals surface area contributed by atoms with E-state index in [0.717, 1.165) is 25.9 Å². The van der Waals surface area contributed by atoms with Gasteiger partial charge in [-0.25, -0.2) is 0 Å². The Bertz CT molecular complexity index is 381. The van der Waals surface area contributed by atoms with E-state index in [1.54, 1.807) is 0 Å². The summed E-state index contributed by atoms with van der Waals surface area (Å²) in [5, 5.41) is 7.90. The Kier molecular flexibility index (Phi) is 3.76. The first-order valence-corrected chi connectivity index (χ1v) is 6.27. The molecule has 1 saturated heterocycles. The topological polar surface area (TPSA) is 59.2 Å². The van der Waals surface area contributed by atoms with Crippen LogP contribution in [0.15, 0.2) is 4.42 Å². The molecular formula is C12H19N3O2. The van der Waals surface area contributed by atoms with Crippen molar-refractivity contribution in [1.82, 2.24) is 15.1 Å². The number of rotatable bonds is 4. The standard InChI is InChI=1S/C12H19N3O2/c1-9(2)12-14-13-10(17-12)5-6-11(16)15-7-3-4-8-15/h9H,3-8H2,1-2H3. The molecule has 0 aliphatic carbocycles. The number of hydrogen-bond donors (Lipinski definition) is 0. The molecule has 2 rings (SSSR count). The molecule has 0 saturated carbocycles. The predicted octanol–water partition coefficient (Wildman–Crippen LogP) is 1.75. The Morgan fingerprint density at radius 1 is 1.35 bits per heavy atom. The molecule has 1 amide bonds. The molecule has 5 nitrogen and oxygen atoms in total. The number of amides is 1. The van der Waals surface area contributed by atoms with Crippen molar-refractivity contribution in [2.24, 2.45) is 0 Å². The van der Waals surface area contributed by atoms with E-state index in [4.69, 9.17) is 4.42 Å². The van der Waals surface area contributed by atoms with Gasteiger partial charge >= 0.3 is 0 Å². The second-order valence-electron chi connectivity index (χ2n) is 4.78. The summed E-state index contributed by atoms with van der Waals surface area (Å²) in [5.74, 6) is 1.66. The number of carbonyl (C=O) groups excluding carboxylic acids is 1. The molecule has 1 aliphatic heterocycles. The summed E-state index contributed by atoms with van der Waals surface area (Å²) in [4.78, 5) is 13.7. The molecule has 1 aromatic rings. The van der Waals surface area contributed by atoms with Crippen molar-refractivity contribution >= 4 is 5.91 Å². The summed E-state index contributed by atoms with van der Waals surface area (Å²) in [7, 11) is 0. The summed E-state index contributed by atoms with van der Waals surface area (Å²) in [5.41, 5.74) is 0. The van der Waals surface area contributed by atoms with Crippen molar-refractivity contribution < 1.29 is 9.21 Å². The van der Waals surface area contributed by atoms with Gasteiger partial charge in [-0.15, -0.1) is 10.2 Å². The highest BCUT2D eigenvalue weighted by Gasteiger charge is 2.18. The number of likely N-dealkylation sites (tertiary alicyclic amines) is 1. The van der Waals surface area contributed by atoms with Crippen LogP contribution in [-0.2, 0) is 11.2 Å². The first-order valence-electron chi connectivity index (χ1n) is 6.27. The van der Waals surface area contributed by atoms with Crippen LogP contribution in [0.5, 0.6) is 0 Å². The van der Waals surface area contributed by atoms with Crippen LogP contribution in [0.2, 0.25) is 0 Å². The molecule has 2 heterocycles. The van der Waals surface area contributed by atoms with Crippen LogP contribution in [-0.4, -0.2) is 34.1 Å². The molecule has 0 unspecified atom stereocenters. The zero-order valence-electron chi connectivity index (χ0n) is 10.5. The number of hydrogen-bond acceptors (Lipinski definition) is 4. The first kappa shape index (κ1) is 12.1. The smallest absolute Gasteiger partial charge is 0.223 e. The average molecular weight is 237 g/mol. The Balaban J connectivity index is 1.82. The van der Waals surface area contributed by atoms with Crippen molar-refractivity contribution in [2.45, 2.75) is 45.4 Å². The second-order valence-corrected chi connectivity index (χ2v) is 4.78. The van der Waals surface area contributed by atoms with E-state index < -0.39 is 0 Å². The fourth-order valence-corrected chi connectivity index (χ4v) is 1.94. The molecule has 94 valence electrons. The highest BCUT2D eigenvalue weighted by atomic mass is 16.4. The van der Waals surface area contributed by atoms with Crippen molar-refractivity contribution in [1.29, 1.82) is 0 Å². The summed E-state index contributed by atoms with van der Waals surface area (Å²) in [6.45, 7) is 5.82. The normalized spacial score (nSPS) is 15.8. The lowest BCUT2D eigenvalue weighted by molar-refractivity contribution is -0.130. The van der Waals surface area contributed by atoms with Crippen LogP contribution in [0.4, 0.5) is 0 Å². The minimum atomic E-state index is 0.201. The Morgan fingerprint density at radius 3 is 2.65 bits per heavy atom. The lowest BCUT2D eigenvalue weighted by atomic mass is 10.2. The van der Waals surface area contributed by atoms with Gasteiger partial charge in [-0.3, -0.25) is 4.79 Å². The largest absolute Gasteiger partial charge is 0.425 e. The van der Waals surface area contributed by atoms with Gasteiger partial charge in [-0.1, -0.05) is 13.8 Å². The number of nitrogens with zero attached hydrogens (tertiary/aromatic N) is 3. The monoisotopic (exact) mass is 237 g/mol. The Hall–Kier alpha value is -1.39. The zero-order chi connectivity index (χ0) is 12.3. The Morgan fingerprint density at radius 2 is 2.06 bits per heavy atom. The van der Waals surface area contributed by atoms with Gasteiger partial charge in [0.25, 0.3) is 0 Å². The van der Waals surface area contributed by atoms with E-state index in [1.165, 1.54) is 0 Å². The third kappa shape index (κ3) is 3.05. The first-order chi connectivity index (χ1) is 8.16. The van der Waals surface area contributed by atoms with Crippen LogP contribution >= 0.6 is 0 Å². The molecule has 0 N–H and O–H groups in total. The van der Waals surface area contributed by atoms with Gasteiger partial charge in [-0.2, -0.15) is 0 Å². The van der Waals surface area contributed by atoms with Gasteiger partial charge < -0.3 is 9.32 Å². The van der Waals surface area contributed by atoms with Crippen LogP contribution in [0.25, 0.3) is 0 Å². The Labute approximate surface area is 101 Å².